The minimum absolute atomic E-state index is 0.0967. The highest BCUT2D eigenvalue weighted by molar-refractivity contribution is 5.42. The molecule has 0 aromatic heterocycles. The third kappa shape index (κ3) is 3.69. The van der Waals surface area contributed by atoms with Crippen molar-refractivity contribution in [2.45, 2.75) is 32.9 Å². The number of rotatable bonds is 6. The van der Waals surface area contributed by atoms with E-state index in [1.165, 1.54) is 0 Å². The molecule has 0 amide bonds. The Morgan fingerprint density at radius 1 is 1.42 bits per heavy atom. The Bertz CT molecular complexity index is 464. The molecule has 0 aliphatic rings. The Labute approximate surface area is 115 Å². The van der Waals surface area contributed by atoms with Crippen LogP contribution in [0.3, 0.4) is 0 Å². The lowest BCUT2D eigenvalue weighted by Crippen LogP contribution is -2.46. The number of methoxy groups -OCH3 is 1. The quantitative estimate of drug-likeness (QED) is 0.853. The van der Waals surface area contributed by atoms with Gasteiger partial charge in [-0.3, -0.25) is 4.90 Å². The molecule has 4 nitrogen and oxygen atoms in total. The second-order valence-electron chi connectivity index (χ2n) is 5.12. The van der Waals surface area contributed by atoms with Crippen LogP contribution < -0.4 is 4.74 Å². The predicted molar refractivity (Wildman–Crippen MR) is 75.0 cm³/mol. The van der Waals surface area contributed by atoms with Gasteiger partial charge in [-0.05, 0) is 32.5 Å². The number of aliphatic hydroxyl groups is 1. The van der Waals surface area contributed by atoms with Crippen molar-refractivity contribution >= 4 is 0 Å². The van der Waals surface area contributed by atoms with Crippen LogP contribution in [0.15, 0.2) is 18.2 Å². The molecule has 1 rings (SSSR count). The minimum Gasteiger partial charge on any atom is -0.496 e. The summed E-state index contributed by atoms with van der Waals surface area (Å²) >= 11 is 0. The minimum atomic E-state index is -0.284. The van der Waals surface area contributed by atoms with Crippen LogP contribution in [0.1, 0.15) is 31.9 Å². The topological polar surface area (TPSA) is 56.5 Å². The van der Waals surface area contributed by atoms with Crippen LogP contribution in [-0.2, 0) is 6.54 Å². The van der Waals surface area contributed by atoms with Gasteiger partial charge in [-0.2, -0.15) is 5.26 Å². The summed E-state index contributed by atoms with van der Waals surface area (Å²) in [5.74, 6) is 0.714. The number of aliphatic hydroxyl groups excluding tert-OH is 1. The molecule has 0 atom stereocenters. The number of nitrogens with zero attached hydrogens (tertiary/aromatic N) is 2. The van der Waals surface area contributed by atoms with Crippen molar-refractivity contribution in [3.05, 3.63) is 29.3 Å². The molecule has 4 heteroatoms. The van der Waals surface area contributed by atoms with E-state index in [0.29, 0.717) is 17.9 Å². The summed E-state index contributed by atoms with van der Waals surface area (Å²) in [4.78, 5) is 2.18. The zero-order chi connectivity index (χ0) is 14.5. The van der Waals surface area contributed by atoms with E-state index < -0.39 is 0 Å². The molecule has 0 unspecified atom stereocenters. The Hall–Kier alpha value is -1.57. The van der Waals surface area contributed by atoms with Gasteiger partial charge >= 0.3 is 0 Å². The first kappa shape index (κ1) is 15.5. The molecule has 0 aliphatic carbocycles. The van der Waals surface area contributed by atoms with Crippen LogP contribution in [0.2, 0.25) is 0 Å². The number of likely N-dealkylation sites (N-methyl/N-ethyl adjacent to an activating group) is 1. The zero-order valence-corrected chi connectivity index (χ0v) is 12.1. The van der Waals surface area contributed by atoms with E-state index in [1.54, 1.807) is 19.2 Å². The van der Waals surface area contributed by atoms with Gasteiger partial charge < -0.3 is 9.84 Å². The lowest BCUT2D eigenvalue weighted by Gasteiger charge is -2.36. The van der Waals surface area contributed by atoms with Gasteiger partial charge in [0, 0.05) is 17.6 Å². The molecular weight excluding hydrogens is 240 g/mol. The van der Waals surface area contributed by atoms with E-state index in [4.69, 9.17) is 10.00 Å². The fourth-order valence-corrected chi connectivity index (χ4v) is 2.00. The highest BCUT2D eigenvalue weighted by atomic mass is 16.5. The monoisotopic (exact) mass is 262 g/mol. The summed E-state index contributed by atoms with van der Waals surface area (Å²) in [6.07, 6.45) is 0. The SMILES string of the molecule is CCN(Cc1ccc(C#N)cc1OC)C(C)(C)CO. The number of hydrogen-bond acceptors (Lipinski definition) is 4. The van der Waals surface area contributed by atoms with Gasteiger partial charge in [0.1, 0.15) is 5.75 Å². The normalized spacial score (nSPS) is 11.4. The standard InChI is InChI=1S/C15H22N2O2/c1-5-17(15(2,3)11-18)10-13-7-6-12(9-16)8-14(13)19-4/h6-8,18H,5,10-11H2,1-4H3. The van der Waals surface area contributed by atoms with Gasteiger partial charge in [0.05, 0.1) is 25.3 Å². The number of benzene rings is 1. The van der Waals surface area contributed by atoms with Crippen molar-refractivity contribution < 1.29 is 9.84 Å². The lowest BCUT2D eigenvalue weighted by molar-refractivity contribution is 0.0546. The van der Waals surface area contributed by atoms with Crippen LogP contribution in [-0.4, -0.2) is 35.8 Å². The van der Waals surface area contributed by atoms with Gasteiger partial charge in [0.15, 0.2) is 0 Å². The molecule has 1 aromatic carbocycles. The number of hydrogen-bond donors (Lipinski definition) is 1. The smallest absolute Gasteiger partial charge is 0.124 e. The molecule has 0 saturated heterocycles. The fourth-order valence-electron chi connectivity index (χ4n) is 2.00. The van der Waals surface area contributed by atoms with Crippen LogP contribution in [0, 0.1) is 11.3 Å². The summed E-state index contributed by atoms with van der Waals surface area (Å²) in [5.41, 5.74) is 1.32. The molecule has 0 radical (unpaired) electrons. The first-order valence-corrected chi connectivity index (χ1v) is 6.41. The van der Waals surface area contributed by atoms with Gasteiger partial charge in [0.25, 0.3) is 0 Å². The molecule has 1 aromatic rings. The summed E-state index contributed by atoms with van der Waals surface area (Å²) in [7, 11) is 1.60. The van der Waals surface area contributed by atoms with E-state index in [1.807, 2.05) is 19.9 Å². The first-order valence-electron chi connectivity index (χ1n) is 6.41. The Morgan fingerprint density at radius 2 is 2.11 bits per heavy atom. The molecule has 104 valence electrons. The summed E-state index contributed by atoms with van der Waals surface area (Å²) in [6.45, 7) is 7.68. The van der Waals surface area contributed by atoms with E-state index >= 15 is 0 Å². The van der Waals surface area contributed by atoms with E-state index in [9.17, 15) is 5.11 Å². The Balaban J connectivity index is 3.01. The Kier molecular flexibility index (Phi) is 5.34. The van der Waals surface area contributed by atoms with E-state index in [-0.39, 0.29) is 12.1 Å². The van der Waals surface area contributed by atoms with Crippen molar-refractivity contribution in [3.63, 3.8) is 0 Å². The second-order valence-corrected chi connectivity index (χ2v) is 5.12. The third-order valence-corrected chi connectivity index (χ3v) is 3.40. The highest BCUT2D eigenvalue weighted by Gasteiger charge is 2.25. The van der Waals surface area contributed by atoms with E-state index in [2.05, 4.69) is 17.9 Å². The van der Waals surface area contributed by atoms with Gasteiger partial charge in [-0.1, -0.05) is 13.0 Å². The summed E-state index contributed by atoms with van der Waals surface area (Å²) in [6, 6.07) is 7.55. The maximum atomic E-state index is 9.47. The molecule has 0 aliphatic heterocycles. The van der Waals surface area contributed by atoms with Gasteiger partial charge in [-0.15, -0.1) is 0 Å². The maximum absolute atomic E-state index is 9.47. The average Bonchev–Trinajstić information content (AvgIpc) is 2.44. The molecule has 1 N–H and O–H groups in total. The fraction of sp³-hybridized carbons (Fsp3) is 0.533. The van der Waals surface area contributed by atoms with Crippen molar-refractivity contribution in [1.82, 2.24) is 4.90 Å². The molecule has 19 heavy (non-hydrogen) atoms. The van der Waals surface area contributed by atoms with Gasteiger partial charge in [-0.25, -0.2) is 0 Å². The Morgan fingerprint density at radius 3 is 2.58 bits per heavy atom. The van der Waals surface area contributed by atoms with Crippen LogP contribution in [0.4, 0.5) is 0 Å². The molecular formula is C15H22N2O2. The predicted octanol–water partition coefficient (Wildman–Crippen LogP) is 2.16. The second kappa shape index (κ2) is 6.55. The maximum Gasteiger partial charge on any atom is 0.124 e. The van der Waals surface area contributed by atoms with Crippen molar-refractivity contribution in [2.24, 2.45) is 0 Å². The van der Waals surface area contributed by atoms with Crippen LogP contribution in [0.5, 0.6) is 5.75 Å². The third-order valence-electron chi connectivity index (χ3n) is 3.40. The molecule has 0 saturated carbocycles. The van der Waals surface area contributed by atoms with Gasteiger partial charge in [0.2, 0.25) is 0 Å². The number of nitriles is 1. The summed E-state index contributed by atoms with van der Waals surface area (Å²) < 4.78 is 5.34. The largest absolute Gasteiger partial charge is 0.496 e. The highest BCUT2D eigenvalue weighted by Crippen LogP contribution is 2.24. The summed E-state index contributed by atoms with van der Waals surface area (Å²) in [5, 5.41) is 18.4. The van der Waals surface area contributed by atoms with Crippen molar-refractivity contribution in [1.29, 1.82) is 5.26 Å². The zero-order valence-electron chi connectivity index (χ0n) is 12.1. The molecule has 0 heterocycles. The van der Waals surface area contributed by atoms with E-state index in [0.717, 1.165) is 12.1 Å². The van der Waals surface area contributed by atoms with Crippen LogP contribution in [0.25, 0.3) is 0 Å². The molecule has 0 bridgehead atoms. The molecule has 0 fully saturated rings. The lowest BCUT2D eigenvalue weighted by atomic mass is 10.0. The first-order chi connectivity index (χ1) is 8.98. The average molecular weight is 262 g/mol. The number of ether oxygens (including phenoxy) is 1. The van der Waals surface area contributed by atoms with Crippen molar-refractivity contribution in [2.75, 3.05) is 20.3 Å². The van der Waals surface area contributed by atoms with Crippen LogP contribution >= 0.6 is 0 Å². The van der Waals surface area contributed by atoms with Crippen molar-refractivity contribution in [3.8, 4) is 11.8 Å². The molecule has 0 spiro atoms.